The average Bonchev–Trinajstić information content (AvgIpc) is 3.10. The summed E-state index contributed by atoms with van der Waals surface area (Å²) in [5, 5.41) is 7.29. The Morgan fingerprint density at radius 3 is 2.96 bits per heavy atom. The van der Waals surface area contributed by atoms with E-state index in [2.05, 4.69) is 41.4 Å². The first kappa shape index (κ1) is 22.2. The molecule has 5 nitrogen and oxygen atoms in total. The molecule has 146 valence electrons. The summed E-state index contributed by atoms with van der Waals surface area (Å²) in [6.07, 6.45) is 2.71. The summed E-state index contributed by atoms with van der Waals surface area (Å²) in [6.45, 7) is 2.17. The molecule has 2 heterocycles. The van der Waals surface area contributed by atoms with Crippen LogP contribution in [0.4, 0.5) is 10.2 Å². The maximum absolute atomic E-state index is 13.6. The number of nitrogens with zero attached hydrogens (tertiary/aromatic N) is 3. The van der Waals surface area contributed by atoms with Gasteiger partial charge in [0.1, 0.15) is 11.6 Å². The maximum Gasteiger partial charge on any atom is 0.191 e. The molecule has 1 aliphatic rings. The molecule has 27 heavy (non-hydrogen) atoms. The van der Waals surface area contributed by atoms with Crippen molar-refractivity contribution >= 4 is 63.3 Å². The Labute approximate surface area is 188 Å². The number of aliphatic imine (C=N–C) groups is 1. The lowest BCUT2D eigenvalue weighted by Crippen LogP contribution is -2.44. The van der Waals surface area contributed by atoms with Crippen molar-refractivity contribution in [2.75, 3.05) is 25.0 Å². The number of benzene rings is 1. The third kappa shape index (κ3) is 5.92. The molecule has 1 fully saturated rings. The minimum Gasteiger partial charge on any atom is -0.353 e. The molecule has 0 bridgehead atoms. The number of anilines is 1. The highest BCUT2D eigenvalue weighted by atomic mass is 127. The monoisotopic (exact) mass is 567 g/mol. The van der Waals surface area contributed by atoms with Crippen LogP contribution < -0.4 is 15.5 Å². The first-order valence-electron chi connectivity index (χ1n) is 8.33. The number of aromatic nitrogens is 1. The van der Waals surface area contributed by atoms with Crippen molar-refractivity contribution in [1.29, 1.82) is 0 Å². The standard InChI is InChI=1S/C18H20BrClFN5.HI/c1-22-18(24-10-12-4-5-14(19)16(21)9-12)25-13-6-8-26(11-13)17-15(20)3-2-7-23-17;/h2-5,7,9,13H,6,8,10-11H2,1H3,(H2,22,24,25);1H. The fraction of sp³-hybridized carbons (Fsp3) is 0.333. The third-order valence-electron chi connectivity index (χ3n) is 4.24. The molecular weight excluding hydrogens is 547 g/mol. The molecular formula is C18H21BrClFIN5. The first-order valence-corrected chi connectivity index (χ1v) is 9.50. The molecule has 1 unspecified atom stereocenters. The Hall–Kier alpha value is -1.13. The fourth-order valence-corrected chi connectivity index (χ4v) is 3.39. The fourth-order valence-electron chi connectivity index (χ4n) is 2.90. The Morgan fingerprint density at radius 2 is 2.26 bits per heavy atom. The van der Waals surface area contributed by atoms with Gasteiger partial charge >= 0.3 is 0 Å². The van der Waals surface area contributed by atoms with Crippen LogP contribution in [0, 0.1) is 5.82 Å². The summed E-state index contributed by atoms with van der Waals surface area (Å²) in [6, 6.07) is 8.99. The molecule has 1 aromatic carbocycles. The van der Waals surface area contributed by atoms with Crippen LogP contribution in [-0.2, 0) is 6.54 Å². The van der Waals surface area contributed by atoms with Gasteiger partial charge in [-0.1, -0.05) is 17.7 Å². The minimum absolute atomic E-state index is 0. The van der Waals surface area contributed by atoms with Crippen LogP contribution in [0.1, 0.15) is 12.0 Å². The SMILES string of the molecule is CN=C(NCc1ccc(Br)c(F)c1)NC1CCN(c2ncccc2Cl)C1.I. The summed E-state index contributed by atoms with van der Waals surface area (Å²) < 4.78 is 14.1. The zero-order valence-corrected chi connectivity index (χ0v) is 19.4. The number of hydrogen-bond donors (Lipinski definition) is 2. The van der Waals surface area contributed by atoms with E-state index >= 15 is 0 Å². The number of halogens is 4. The lowest BCUT2D eigenvalue weighted by Gasteiger charge is -2.20. The number of pyridine rings is 1. The molecule has 1 saturated heterocycles. The highest BCUT2D eigenvalue weighted by molar-refractivity contribution is 14.0. The second kappa shape index (κ2) is 10.4. The second-order valence-electron chi connectivity index (χ2n) is 6.06. The third-order valence-corrected chi connectivity index (χ3v) is 5.17. The predicted molar refractivity (Wildman–Crippen MR) is 123 cm³/mol. The van der Waals surface area contributed by atoms with Crippen molar-refractivity contribution in [2.24, 2.45) is 4.99 Å². The number of nitrogens with one attached hydrogen (secondary N) is 2. The zero-order valence-electron chi connectivity index (χ0n) is 14.8. The Kier molecular flexibility index (Phi) is 8.56. The predicted octanol–water partition coefficient (Wildman–Crippen LogP) is 4.20. The summed E-state index contributed by atoms with van der Waals surface area (Å²) in [5.74, 6) is 1.23. The van der Waals surface area contributed by atoms with Gasteiger partial charge in [0.05, 0.1) is 9.50 Å². The number of rotatable bonds is 4. The van der Waals surface area contributed by atoms with Crippen molar-refractivity contribution in [3.63, 3.8) is 0 Å². The lowest BCUT2D eigenvalue weighted by atomic mass is 10.2. The van der Waals surface area contributed by atoms with Crippen LogP contribution in [0.5, 0.6) is 0 Å². The van der Waals surface area contributed by atoms with E-state index in [0.717, 1.165) is 30.9 Å². The molecule has 1 aliphatic heterocycles. The van der Waals surface area contributed by atoms with Crippen molar-refractivity contribution in [2.45, 2.75) is 19.0 Å². The van der Waals surface area contributed by atoms with E-state index in [1.54, 1.807) is 19.3 Å². The van der Waals surface area contributed by atoms with Gasteiger partial charge < -0.3 is 15.5 Å². The van der Waals surface area contributed by atoms with Crippen LogP contribution in [-0.4, -0.2) is 37.1 Å². The van der Waals surface area contributed by atoms with Crippen LogP contribution in [0.3, 0.4) is 0 Å². The average molecular weight is 569 g/mol. The van der Waals surface area contributed by atoms with Crippen LogP contribution in [0.25, 0.3) is 0 Å². The molecule has 1 aromatic heterocycles. The van der Waals surface area contributed by atoms with Crippen LogP contribution in [0.15, 0.2) is 46.0 Å². The zero-order chi connectivity index (χ0) is 18.5. The van der Waals surface area contributed by atoms with Gasteiger partial charge in [-0.25, -0.2) is 9.37 Å². The van der Waals surface area contributed by atoms with Crippen molar-refractivity contribution in [3.05, 3.63) is 57.4 Å². The van der Waals surface area contributed by atoms with Crippen molar-refractivity contribution in [3.8, 4) is 0 Å². The lowest BCUT2D eigenvalue weighted by molar-refractivity contribution is 0.616. The van der Waals surface area contributed by atoms with E-state index in [-0.39, 0.29) is 35.8 Å². The van der Waals surface area contributed by atoms with Gasteiger partial charge in [-0.2, -0.15) is 0 Å². The van der Waals surface area contributed by atoms with Gasteiger partial charge in [0.15, 0.2) is 5.96 Å². The Balaban J connectivity index is 0.00000261. The smallest absolute Gasteiger partial charge is 0.191 e. The first-order chi connectivity index (χ1) is 12.6. The molecule has 0 aliphatic carbocycles. The van der Waals surface area contributed by atoms with Gasteiger partial charge in [0.25, 0.3) is 0 Å². The van der Waals surface area contributed by atoms with Crippen LogP contribution >= 0.6 is 51.5 Å². The summed E-state index contributed by atoms with van der Waals surface area (Å²) in [5.41, 5.74) is 0.849. The van der Waals surface area contributed by atoms with Gasteiger partial charge in [-0.05, 0) is 52.2 Å². The largest absolute Gasteiger partial charge is 0.353 e. The summed E-state index contributed by atoms with van der Waals surface area (Å²) >= 11 is 9.39. The Bertz CT molecular complexity index is 807. The van der Waals surface area contributed by atoms with Crippen molar-refractivity contribution < 1.29 is 4.39 Å². The van der Waals surface area contributed by atoms with Gasteiger partial charge in [-0.15, -0.1) is 24.0 Å². The molecule has 0 amide bonds. The van der Waals surface area contributed by atoms with Crippen LogP contribution in [0.2, 0.25) is 5.02 Å². The van der Waals surface area contributed by atoms with E-state index in [4.69, 9.17) is 11.6 Å². The van der Waals surface area contributed by atoms with Gasteiger partial charge in [0.2, 0.25) is 0 Å². The topological polar surface area (TPSA) is 52.6 Å². The number of hydrogen-bond acceptors (Lipinski definition) is 3. The summed E-state index contributed by atoms with van der Waals surface area (Å²) in [7, 11) is 1.72. The van der Waals surface area contributed by atoms with E-state index in [9.17, 15) is 4.39 Å². The minimum atomic E-state index is -0.272. The second-order valence-corrected chi connectivity index (χ2v) is 7.32. The Morgan fingerprint density at radius 1 is 1.44 bits per heavy atom. The summed E-state index contributed by atoms with van der Waals surface area (Å²) in [4.78, 5) is 10.8. The highest BCUT2D eigenvalue weighted by Crippen LogP contribution is 2.25. The van der Waals surface area contributed by atoms with E-state index in [1.165, 1.54) is 6.07 Å². The van der Waals surface area contributed by atoms with Crippen molar-refractivity contribution in [1.82, 2.24) is 15.6 Å². The van der Waals surface area contributed by atoms with E-state index in [0.29, 0.717) is 22.0 Å². The molecule has 1 atom stereocenters. The molecule has 0 saturated carbocycles. The van der Waals surface area contributed by atoms with E-state index in [1.807, 2.05) is 18.2 Å². The number of guanidine groups is 1. The molecule has 2 aromatic rings. The molecule has 9 heteroatoms. The molecule has 0 spiro atoms. The molecule has 0 radical (unpaired) electrons. The molecule has 2 N–H and O–H groups in total. The van der Waals surface area contributed by atoms with E-state index < -0.39 is 0 Å². The highest BCUT2D eigenvalue weighted by Gasteiger charge is 2.25. The quantitative estimate of drug-likeness (QED) is 0.330. The van der Waals surface area contributed by atoms with Gasteiger partial charge in [-0.3, -0.25) is 4.99 Å². The normalized spacial score (nSPS) is 16.8. The molecule has 3 rings (SSSR count). The van der Waals surface area contributed by atoms with Gasteiger partial charge in [0, 0.05) is 38.9 Å². The maximum atomic E-state index is 13.6.